The lowest BCUT2D eigenvalue weighted by Crippen LogP contribution is -2.08. The average molecular weight is 325 g/mol. The molecule has 16 heavy (non-hydrogen) atoms. The van der Waals surface area contributed by atoms with Gasteiger partial charge >= 0.3 is 5.97 Å². The van der Waals surface area contributed by atoms with E-state index in [1.165, 1.54) is 6.20 Å². The van der Waals surface area contributed by atoms with E-state index in [0.717, 1.165) is 3.57 Å². The van der Waals surface area contributed by atoms with Gasteiger partial charge in [-0.1, -0.05) is 18.2 Å². The van der Waals surface area contributed by atoms with E-state index in [1.54, 1.807) is 24.4 Å². The Hall–Kier alpha value is -1.43. The number of nitrogens with zero attached hydrogens (tertiary/aromatic N) is 1. The van der Waals surface area contributed by atoms with Gasteiger partial charge in [-0.3, -0.25) is 4.98 Å². The highest BCUT2D eigenvalue weighted by Gasteiger charge is 2.08. The van der Waals surface area contributed by atoms with Crippen LogP contribution in [-0.2, 0) is 0 Å². The number of hydrogen-bond donors (Lipinski definition) is 0. The molecule has 0 N–H and O–H groups in total. The molecule has 0 fully saturated rings. The molecule has 1 aromatic heterocycles. The lowest BCUT2D eigenvalue weighted by Gasteiger charge is -2.03. The fraction of sp³-hybridized carbons (Fsp3) is 0. The second kappa shape index (κ2) is 5.07. The number of hydrogen-bond acceptors (Lipinski definition) is 3. The molecule has 2 rings (SSSR count). The minimum atomic E-state index is -0.391. The summed E-state index contributed by atoms with van der Waals surface area (Å²) in [4.78, 5) is 15.6. The van der Waals surface area contributed by atoms with Gasteiger partial charge in [0.2, 0.25) is 0 Å². The van der Waals surface area contributed by atoms with E-state index in [4.69, 9.17) is 4.74 Å². The van der Waals surface area contributed by atoms with Gasteiger partial charge in [0.05, 0.1) is 5.56 Å². The molecule has 1 aromatic carbocycles. The summed E-state index contributed by atoms with van der Waals surface area (Å²) >= 11 is 2.10. The summed E-state index contributed by atoms with van der Waals surface area (Å²) in [6, 6.07) is 10.7. The van der Waals surface area contributed by atoms with Gasteiger partial charge in [0, 0.05) is 16.0 Å². The smallest absolute Gasteiger partial charge is 0.345 e. The molecule has 1 heterocycles. The van der Waals surface area contributed by atoms with E-state index in [-0.39, 0.29) is 0 Å². The maximum Gasteiger partial charge on any atom is 0.345 e. The topological polar surface area (TPSA) is 39.2 Å². The normalized spacial score (nSPS) is 9.81. The molecule has 0 aliphatic carbocycles. The Morgan fingerprint density at radius 2 is 1.94 bits per heavy atom. The van der Waals surface area contributed by atoms with E-state index < -0.39 is 5.97 Å². The summed E-state index contributed by atoms with van der Waals surface area (Å²) in [5.74, 6) is 0.142. The fourth-order valence-electron chi connectivity index (χ4n) is 1.18. The zero-order valence-electron chi connectivity index (χ0n) is 8.26. The Labute approximate surface area is 107 Å². The lowest BCUT2D eigenvalue weighted by molar-refractivity contribution is 0.0734. The van der Waals surface area contributed by atoms with Gasteiger partial charge in [0.1, 0.15) is 5.75 Å². The molecular formula is C12H8INO2. The van der Waals surface area contributed by atoms with Crippen LogP contribution in [0.4, 0.5) is 0 Å². The van der Waals surface area contributed by atoms with Crippen LogP contribution < -0.4 is 4.74 Å². The van der Waals surface area contributed by atoms with Crippen molar-refractivity contribution in [1.82, 2.24) is 4.98 Å². The van der Waals surface area contributed by atoms with Crippen molar-refractivity contribution in [3.05, 3.63) is 57.9 Å². The molecule has 0 unspecified atom stereocenters. The molecule has 0 radical (unpaired) electrons. The number of aromatic nitrogens is 1. The highest BCUT2D eigenvalue weighted by Crippen LogP contribution is 2.12. The Kier molecular flexibility index (Phi) is 3.51. The molecule has 0 saturated heterocycles. The highest BCUT2D eigenvalue weighted by molar-refractivity contribution is 14.1. The van der Waals surface area contributed by atoms with Gasteiger partial charge in [0.15, 0.2) is 0 Å². The van der Waals surface area contributed by atoms with Crippen LogP contribution in [0.25, 0.3) is 0 Å². The van der Waals surface area contributed by atoms with Crippen molar-refractivity contribution in [3.63, 3.8) is 0 Å². The maximum absolute atomic E-state index is 11.7. The third kappa shape index (κ3) is 2.79. The van der Waals surface area contributed by atoms with E-state index in [2.05, 4.69) is 27.6 Å². The third-order valence-corrected chi connectivity index (χ3v) is 2.48. The molecule has 0 saturated carbocycles. The molecule has 0 amide bonds. The van der Waals surface area contributed by atoms with Crippen molar-refractivity contribution in [2.75, 3.05) is 0 Å². The minimum absolute atomic E-state index is 0.391. The predicted octanol–water partition coefficient (Wildman–Crippen LogP) is 2.91. The first-order valence-electron chi connectivity index (χ1n) is 4.63. The van der Waals surface area contributed by atoms with Gasteiger partial charge in [-0.25, -0.2) is 4.79 Å². The van der Waals surface area contributed by atoms with E-state index in [0.29, 0.717) is 11.3 Å². The lowest BCUT2D eigenvalue weighted by atomic mass is 10.3. The van der Waals surface area contributed by atoms with Crippen LogP contribution in [0.1, 0.15) is 10.4 Å². The van der Waals surface area contributed by atoms with Crippen LogP contribution in [0.2, 0.25) is 0 Å². The first kappa shape index (κ1) is 11.1. The zero-order valence-corrected chi connectivity index (χ0v) is 10.4. The van der Waals surface area contributed by atoms with E-state index in [9.17, 15) is 4.79 Å². The fourth-order valence-corrected chi connectivity index (χ4v) is 1.67. The number of para-hydroxylation sites is 1. The van der Waals surface area contributed by atoms with Crippen molar-refractivity contribution in [2.24, 2.45) is 0 Å². The minimum Gasteiger partial charge on any atom is -0.423 e. The molecule has 3 nitrogen and oxygen atoms in total. The summed E-state index contributed by atoms with van der Waals surface area (Å²) in [7, 11) is 0. The van der Waals surface area contributed by atoms with Gasteiger partial charge in [-0.05, 0) is 40.8 Å². The molecule has 0 atom stereocenters. The van der Waals surface area contributed by atoms with Crippen LogP contribution in [0.3, 0.4) is 0 Å². The molecule has 4 heteroatoms. The van der Waals surface area contributed by atoms with E-state index in [1.807, 2.05) is 18.2 Å². The van der Waals surface area contributed by atoms with Crippen LogP contribution >= 0.6 is 22.6 Å². The van der Waals surface area contributed by atoms with Crippen LogP contribution in [-0.4, -0.2) is 11.0 Å². The number of carbonyl (C=O) groups excluding carboxylic acids is 1. The van der Waals surface area contributed by atoms with Gasteiger partial charge in [0.25, 0.3) is 0 Å². The molecule has 0 aliphatic heterocycles. The number of benzene rings is 1. The van der Waals surface area contributed by atoms with Crippen molar-refractivity contribution >= 4 is 28.6 Å². The molecule has 0 aliphatic rings. The first-order valence-corrected chi connectivity index (χ1v) is 5.71. The van der Waals surface area contributed by atoms with Crippen LogP contribution in [0.5, 0.6) is 5.75 Å². The summed E-state index contributed by atoms with van der Waals surface area (Å²) in [6.45, 7) is 0. The average Bonchev–Trinajstić information content (AvgIpc) is 2.30. The number of halogens is 1. The number of pyridine rings is 1. The molecule has 0 spiro atoms. The largest absolute Gasteiger partial charge is 0.423 e. The summed E-state index contributed by atoms with van der Waals surface area (Å²) < 4.78 is 6.08. The summed E-state index contributed by atoms with van der Waals surface area (Å²) in [6.07, 6.45) is 3.17. The number of rotatable bonds is 2. The Bertz CT molecular complexity index is 499. The quantitative estimate of drug-likeness (QED) is 0.484. The molecule has 2 aromatic rings. The number of ether oxygens (including phenoxy) is 1. The van der Waals surface area contributed by atoms with Crippen molar-refractivity contribution in [3.8, 4) is 5.75 Å². The van der Waals surface area contributed by atoms with E-state index >= 15 is 0 Å². The van der Waals surface area contributed by atoms with Gasteiger partial charge in [-0.15, -0.1) is 0 Å². The van der Waals surface area contributed by atoms with Gasteiger partial charge in [-0.2, -0.15) is 0 Å². The second-order valence-electron chi connectivity index (χ2n) is 3.09. The zero-order chi connectivity index (χ0) is 11.4. The molecule has 80 valence electrons. The Morgan fingerprint density at radius 3 is 2.62 bits per heavy atom. The van der Waals surface area contributed by atoms with Crippen molar-refractivity contribution in [2.45, 2.75) is 0 Å². The van der Waals surface area contributed by atoms with Crippen LogP contribution in [0, 0.1) is 3.57 Å². The first-order chi connectivity index (χ1) is 7.75. The standard InChI is InChI=1S/C12H8INO2/c13-10-6-9(7-14-8-10)12(15)16-11-4-2-1-3-5-11/h1-8H. The Morgan fingerprint density at radius 1 is 1.19 bits per heavy atom. The highest BCUT2D eigenvalue weighted by atomic mass is 127. The summed E-state index contributed by atoms with van der Waals surface area (Å²) in [5.41, 5.74) is 0.454. The predicted molar refractivity (Wildman–Crippen MR) is 68.4 cm³/mol. The SMILES string of the molecule is O=C(Oc1ccccc1)c1cncc(I)c1. The summed E-state index contributed by atoms with van der Waals surface area (Å²) in [5, 5.41) is 0. The second-order valence-corrected chi connectivity index (χ2v) is 4.34. The maximum atomic E-state index is 11.7. The monoisotopic (exact) mass is 325 g/mol. The number of carbonyl (C=O) groups is 1. The van der Waals surface area contributed by atoms with Gasteiger partial charge < -0.3 is 4.74 Å². The van der Waals surface area contributed by atoms with Crippen molar-refractivity contribution in [1.29, 1.82) is 0 Å². The van der Waals surface area contributed by atoms with Crippen LogP contribution in [0.15, 0.2) is 48.8 Å². The van der Waals surface area contributed by atoms with Crippen molar-refractivity contribution < 1.29 is 9.53 Å². The molecule has 0 bridgehead atoms. The third-order valence-electron chi connectivity index (χ3n) is 1.89. The molecular weight excluding hydrogens is 317 g/mol. The Balaban J connectivity index is 2.15. The number of esters is 1.